The molecule has 0 aromatic carbocycles. The second-order valence-electron chi connectivity index (χ2n) is 5.46. The van der Waals surface area contributed by atoms with E-state index in [0.717, 1.165) is 30.6 Å². The summed E-state index contributed by atoms with van der Waals surface area (Å²) >= 11 is 6.69. The standard InChI is InChI=1S/C14H18N2OS2/c15-13(18)12(8-5-6-8)16-14(17)11-7-9-3-1-2-4-10(9)19-11/h7-8,12H,1-6H2,(H2,15,18)(H,16,17). The minimum Gasteiger partial charge on any atom is -0.392 e. The van der Waals surface area contributed by atoms with E-state index in [4.69, 9.17) is 18.0 Å². The molecule has 1 atom stereocenters. The zero-order valence-electron chi connectivity index (χ0n) is 10.8. The van der Waals surface area contributed by atoms with Gasteiger partial charge in [0.25, 0.3) is 5.91 Å². The molecule has 1 unspecified atom stereocenters. The van der Waals surface area contributed by atoms with Gasteiger partial charge >= 0.3 is 0 Å². The molecule has 1 aromatic rings. The van der Waals surface area contributed by atoms with E-state index < -0.39 is 0 Å². The highest BCUT2D eigenvalue weighted by Crippen LogP contribution is 2.34. The number of thiophene rings is 1. The van der Waals surface area contributed by atoms with Crippen LogP contribution in [0.2, 0.25) is 0 Å². The van der Waals surface area contributed by atoms with Crippen LogP contribution in [0.5, 0.6) is 0 Å². The van der Waals surface area contributed by atoms with Crippen molar-refractivity contribution >= 4 is 34.5 Å². The highest BCUT2D eigenvalue weighted by molar-refractivity contribution is 7.80. The van der Waals surface area contributed by atoms with Gasteiger partial charge in [0.05, 0.1) is 15.9 Å². The Hall–Kier alpha value is -0.940. The minimum atomic E-state index is -0.123. The van der Waals surface area contributed by atoms with Crippen LogP contribution in [0.1, 0.15) is 45.8 Å². The van der Waals surface area contributed by atoms with Crippen LogP contribution in [0.15, 0.2) is 6.07 Å². The summed E-state index contributed by atoms with van der Waals surface area (Å²) in [7, 11) is 0. The lowest BCUT2D eigenvalue weighted by molar-refractivity contribution is 0.0948. The van der Waals surface area contributed by atoms with E-state index in [1.807, 2.05) is 0 Å². The van der Waals surface area contributed by atoms with Gasteiger partial charge in [0.15, 0.2) is 0 Å². The summed E-state index contributed by atoms with van der Waals surface area (Å²) in [5.74, 6) is 0.445. The first kappa shape index (κ1) is 13.1. The maximum absolute atomic E-state index is 12.3. The number of thiocarbonyl (C=S) groups is 1. The first-order valence-electron chi connectivity index (χ1n) is 6.87. The largest absolute Gasteiger partial charge is 0.392 e. The Morgan fingerprint density at radius 3 is 2.79 bits per heavy atom. The molecule has 2 aliphatic carbocycles. The molecule has 1 saturated carbocycles. The van der Waals surface area contributed by atoms with Crippen LogP contribution < -0.4 is 11.1 Å². The SMILES string of the molecule is NC(=S)C(NC(=O)c1cc2c(s1)CCCC2)C1CC1. The van der Waals surface area contributed by atoms with Gasteiger partial charge in [-0.15, -0.1) is 11.3 Å². The first-order chi connectivity index (χ1) is 9.15. The van der Waals surface area contributed by atoms with Gasteiger partial charge in [-0.2, -0.15) is 0 Å². The molecular weight excluding hydrogens is 276 g/mol. The van der Waals surface area contributed by atoms with E-state index in [2.05, 4.69) is 11.4 Å². The van der Waals surface area contributed by atoms with Gasteiger partial charge in [-0.1, -0.05) is 12.2 Å². The summed E-state index contributed by atoms with van der Waals surface area (Å²) in [5, 5.41) is 3.01. The molecule has 3 N–H and O–H groups in total. The maximum Gasteiger partial charge on any atom is 0.261 e. The van der Waals surface area contributed by atoms with Gasteiger partial charge in [-0.05, 0) is 56.1 Å². The Morgan fingerprint density at radius 2 is 2.16 bits per heavy atom. The van der Waals surface area contributed by atoms with Crippen LogP contribution in [-0.2, 0) is 12.8 Å². The number of hydrogen-bond donors (Lipinski definition) is 2. The number of amides is 1. The van der Waals surface area contributed by atoms with Crippen LogP contribution >= 0.6 is 23.6 Å². The quantitative estimate of drug-likeness (QED) is 0.839. The van der Waals surface area contributed by atoms with E-state index in [1.54, 1.807) is 11.3 Å². The highest BCUT2D eigenvalue weighted by atomic mass is 32.1. The fourth-order valence-corrected chi connectivity index (χ4v) is 4.07. The molecule has 0 spiro atoms. The monoisotopic (exact) mass is 294 g/mol. The van der Waals surface area contributed by atoms with E-state index in [9.17, 15) is 4.79 Å². The van der Waals surface area contributed by atoms with Gasteiger partial charge < -0.3 is 11.1 Å². The summed E-state index contributed by atoms with van der Waals surface area (Å²) in [4.78, 5) is 14.9. The molecule has 2 aliphatic rings. The van der Waals surface area contributed by atoms with Crippen molar-refractivity contribution in [1.29, 1.82) is 0 Å². The lowest BCUT2D eigenvalue weighted by Gasteiger charge is -2.15. The normalized spacial score (nSPS) is 19.6. The molecule has 3 nitrogen and oxygen atoms in total. The number of carbonyl (C=O) groups is 1. The molecule has 19 heavy (non-hydrogen) atoms. The van der Waals surface area contributed by atoms with Crippen molar-refractivity contribution in [1.82, 2.24) is 5.32 Å². The molecule has 5 heteroatoms. The number of rotatable bonds is 4. The Balaban J connectivity index is 1.72. The van der Waals surface area contributed by atoms with Gasteiger partial charge in [-0.3, -0.25) is 4.79 Å². The van der Waals surface area contributed by atoms with Crippen molar-refractivity contribution in [3.05, 3.63) is 21.4 Å². The van der Waals surface area contributed by atoms with E-state index in [-0.39, 0.29) is 11.9 Å². The molecule has 1 amide bonds. The Kier molecular flexibility index (Phi) is 3.58. The van der Waals surface area contributed by atoms with Gasteiger partial charge in [-0.25, -0.2) is 0 Å². The molecule has 0 radical (unpaired) electrons. The predicted molar refractivity (Wildman–Crippen MR) is 81.7 cm³/mol. The van der Waals surface area contributed by atoms with E-state index in [0.29, 0.717) is 10.9 Å². The fourth-order valence-electron chi connectivity index (χ4n) is 2.67. The fraction of sp³-hybridized carbons (Fsp3) is 0.571. The van der Waals surface area contributed by atoms with Crippen LogP contribution in [0, 0.1) is 5.92 Å². The van der Waals surface area contributed by atoms with Crippen molar-refractivity contribution in [3.8, 4) is 0 Å². The lowest BCUT2D eigenvalue weighted by Crippen LogP contribution is -2.44. The Bertz CT molecular complexity index is 496. The van der Waals surface area contributed by atoms with Crippen molar-refractivity contribution < 1.29 is 4.79 Å². The molecule has 102 valence electrons. The number of fused-ring (bicyclic) bond motifs is 1. The molecule has 0 aliphatic heterocycles. The maximum atomic E-state index is 12.3. The number of nitrogens with one attached hydrogen (secondary N) is 1. The third-order valence-corrected chi connectivity index (χ3v) is 5.40. The summed E-state index contributed by atoms with van der Waals surface area (Å²) in [6.07, 6.45) is 6.94. The van der Waals surface area contributed by atoms with E-state index >= 15 is 0 Å². The van der Waals surface area contributed by atoms with Crippen molar-refractivity contribution in [2.75, 3.05) is 0 Å². The summed E-state index contributed by atoms with van der Waals surface area (Å²) in [6, 6.07) is 1.93. The van der Waals surface area contributed by atoms with Gasteiger partial charge in [0, 0.05) is 4.88 Å². The molecule has 1 fully saturated rings. The zero-order chi connectivity index (χ0) is 13.4. The summed E-state index contributed by atoms with van der Waals surface area (Å²) < 4.78 is 0. The average molecular weight is 294 g/mol. The van der Waals surface area contributed by atoms with Crippen LogP contribution in [0.3, 0.4) is 0 Å². The van der Waals surface area contributed by atoms with Crippen LogP contribution in [0.25, 0.3) is 0 Å². The van der Waals surface area contributed by atoms with E-state index in [1.165, 1.54) is 23.3 Å². The van der Waals surface area contributed by atoms with Crippen LogP contribution in [-0.4, -0.2) is 16.9 Å². The molecule has 0 bridgehead atoms. The molecule has 1 aromatic heterocycles. The molecule has 3 rings (SSSR count). The summed E-state index contributed by atoms with van der Waals surface area (Å²) in [5.41, 5.74) is 7.08. The Labute approximate surface area is 122 Å². The number of nitrogens with two attached hydrogens (primary N) is 1. The van der Waals surface area contributed by atoms with Crippen LogP contribution in [0.4, 0.5) is 0 Å². The third-order valence-electron chi connectivity index (χ3n) is 3.91. The smallest absolute Gasteiger partial charge is 0.261 e. The van der Waals surface area contributed by atoms with Gasteiger partial charge in [0.1, 0.15) is 0 Å². The first-order valence-corrected chi connectivity index (χ1v) is 8.09. The topological polar surface area (TPSA) is 55.1 Å². The zero-order valence-corrected chi connectivity index (χ0v) is 12.4. The number of hydrogen-bond acceptors (Lipinski definition) is 3. The third kappa shape index (κ3) is 2.82. The van der Waals surface area contributed by atoms with Crippen molar-refractivity contribution in [2.24, 2.45) is 11.7 Å². The molecular formula is C14H18N2OS2. The average Bonchev–Trinajstić information content (AvgIpc) is 3.12. The lowest BCUT2D eigenvalue weighted by atomic mass is 9.99. The number of aryl methyl sites for hydroxylation is 2. The predicted octanol–water partition coefficient (Wildman–Crippen LogP) is 2.42. The second-order valence-corrected chi connectivity index (χ2v) is 7.07. The Morgan fingerprint density at radius 1 is 1.42 bits per heavy atom. The van der Waals surface area contributed by atoms with Gasteiger partial charge in [0.2, 0.25) is 0 Å². The summed E-state index contributed by atoms with van der Waals surface area (Å²) in [6.45, 7) is 0. The second kappa shape index (κ2) is 5.21. The van der Waals surface area contributed by atoms with Crippen molar-refractivity contribution in [3.63, 3.8) is 0 Å². The number of carbonyl (C=O) groups excluding carboxylic acids is 1. The highest BCUT2D eigenvalue weighted by Gasteiger charge is 2.34. The van der Waals surface area contributed by atoms with Crippen molar-refractivity contribution in [2.45, 2.75) is 44.6 Å². The molecule has 0 saturated heterocycles. The minimum absolute atomic E-state index is 0.0101. The molecule has 1 heterocycles.